The standard InChI is InChI=1S/C16H25N4O2.CH4O4S/c1-20(2)11-9-17(10-12-20)7-8-18-6-5-14-3-4-15(19(21)22)13-16(14)18;1-5-6(2,3)4/h3-4,13H,5-12H2,1-2H3;1H3,(H,2,3,4)/q+1;/p-1. The summed E-state index contributed by atoms with van der Waals surface area (Å²) in [4.78, 5) is 15.5. The Hall–Kier alpha value is -1.79. The molecule has 0 unspecified atom stereocenters. The molecule has 3 rings (SSSR count). The molecule has 0 spiro atoms. The zero-order chi connectivity index (χ0) is 20.9. The van der Waals surface area contributed by atoms with Crippen molar-refractivity contribution in [3.8, 4) is 0 Å². The maximum atomic E-state index is 11.0. The van der Waals surface area contributed by atoms with Crippen molar-refractivity contribution in [3.05, 3.63) is 33.9 Å². The predicted octanol–water partition coefficient (Wildman–Crippen LogP) is 0.442. The number of nitro groups is 1. The van der Waals surface area contributed by atoms with Crippen LogP contribution in [0.15, 0.2) is 18.2 Å². The van der Waals surface area contributed by atoms with Crippen molar-refractivity contribution in [3.63, 3.8) is 0 Å². The van der Waals surface area contributed by atoms with Crippen molar-refractivity contribution in [2.24, 2.45) is 0 Å². The average molecular weight is 417 g/mol. The normalized spacial score (nSPS) is 18.9. The van der Waals surface area contributed by atoms with Crippen LogP contribution in [0.3, 0.4) is 0 Å². The fourth-order valence-electron chi connectivity index (χ4n) is 3.31. The summed E-state index contributed by atoms with van der Waals surface area (Å²) in [5.41, 5.74) is 2.49. The van der Waals surface area contributed by atoms with E-state index in [1.807, 2.05) is 6.07 Å². The molecule has 0 radical (unpaired) electrons. The van der Waals surface area contributed by atoms with Gasteiger partial charge in [0.1, 0.15) is 0 Å². The molecule has 0 aromatic heterocycles. The molecule has 1 fully saturated rings. The molecule has 158 valence electrons. The van der Waals surface area contributed by atoms with Gasteiger partial charge in [0.25, 0.3) is 5.69 Å². The number of fused-ring (bicyclic) bond motifs is 1. The molecule has 28 heavy (non-hydrogen) atoms. The predicted molar refractivity (Wildman–Crippen MR) is 104 cm³/mol. The highest BCUT2D eigenvalue weighted by Crippen LogP contribution is 2.31. The first-order valence-electron chi connectivity index (χ1n) is 9.09. The van der Waals surface area contributed by atoms with E-state index >= 15 is 0 Å². The number of anilines is 1. The lowest BCUT2D eigenvalue weighted by Gasteiger charge is -2.39. The van der Waals surface area contributed by atoms with Crippen molar-refractivity contribution >= 4 is 21.8 Å². The van der Waals surface area contributed by atoms with Crippen LogP contribution >= 0.6 is 0 Å². The smallest absolute Gasteiger partial charge is 0.271 e. The fourth-order valence-corrected chi connectivity index (χ4v) is 3.31. The number of nitrogens with zero attached hydrogens (tertiary/aromatic N) is 4. The second-order valence-corrected chi connectivity index (χ2v) is 8.76. The molecule has 2 aliphatic rings. The van der Waals surface area contributed by atoms with Gasteiger partial charge in [-0.05, 0) is 12.0 Å². The summed E-state index contributed by atoms with van der Waals surface area (Å²) >= 11 is 0. The SMILES string of the molecule is COS(=O)(=O)[O-].C[N+]1(C)CCN(CCN2CCc3ccc([N+](=O)[O-])cc32)CC1. The minimum absolute atomic E-state index is 0.197. The van der Waals surface area contributed by atoms with Crippen molar-refractivity contribution in [1.29, 1.82) is 0 Å². The summed E-state index contributed by atoms with van der Waals surface area (Å²) in [7, 11) is 0.966. The van der Waals surface area contributed by atoms with E-state index in [-0.39, 0.29) is 10.6 Å². The molecule has 1 aromatic rings. The van der Waals surface area contributed by atoms with E-state index in [2.05, 4.69) is 28.1 Å². The lowest BCUT2D eigenvalue weighted by molar-refractivity contribution is -0.894. The summed E-state index contributed by atoms with van der Waals surface area (Å²) in [6, 6.07) is 5.26. The number of piperazine rings is 1. The monoisotopic (exact) mass is 416 g/mol. The van der Waals surface area contributed by atoms with E-state index in [1.165, 1.54) is 18.7 Å². The van der Waals surface area contributed by atoms with E-state index in [4.69, 9.17) is 0 Å². The Morgan fingerprint density at radius 3 is 2.32 bits per heavy atom. The number of likely N-dealkylation sites (N-methyl/N-ethyl adjacent to an activating group) is 1. The minimum atomic E-state index is -4.41. The molecule has 0 atom stereocenters. The number of hydrogen-bond donors (Lipinski definition) is 0. The Morgan fingerprint density at radius 2 is 1.79 bits per heavy atom. The third kappa shape index (κ3) is 6.67. The molecule has 0 aliphatic carbocycles. The van der Waals surface area contributed by atoms with Crippen LogP contribution in [0, 0.1) is 10.1 Å². The van der Waals surface area contributed by atoms with Crippen LogP contribution in [-0.2, 0) is 21.0 Å². The van der Waals surface area contributed by atoms with Crippen LogP contribution in [0.5, 0.6) is 0 Å². The number of benzene rings is 1. The molecule has 2 aliphatic heterocycles. The molecular weight excluding hydrogens is 388 g/mol. The van der Waals surface area contributed by atoms with Gasteiger partial charge in [-0.1, -0.05) is 6.07 Å². The molecular formula is C17H28N4O6S. The third-order valence-corrected chi connectivity index (χ3v) is 5.61. The van der Waals surface area contributed by atoms with Gasteiger partial charge in [-0.25, -0.2) is 8.42 Å². The lowest BCUT2D eigenvalue weighted by Crippen LogP contribution is -2.55. The van der Waals surface area contributed by atoms with Crippen LogP contribution in [-0.4, -0.2) is 94.3 Å². The molecule has 1 saturated heterocycles. The molecule has 1 aromatic carbocycles. The first-order chi connectivity index (χ1) is 13.0. The van der Waals surface area contributed by atoms with E-state index in [1.54, 1.807) is 12.1 Å². The average Bonchev–Trinajstić information content (AvgIpc) is 3.03. The van der Waals surface area contributed by atoms with Crippen LogP contribution in [0.2, 0.25) is 0 Å². The van der Waals surface area contributed by atoms with Gasteiger partial charge in [-0.15, -0.1) is 0 Å². The molecule has 10 nitrogen and oxygen atoms in total. The van der Waals surface area contributed by atoms with Gasteiger partial charge < -0.3 is 13.9 Å². The van der Waals surface area contributed by atoms with Gasteiger partial charge in [-0.2, -0.15) is 0 Å². The molecule has 11 heteroatoms. The summed E-state index contributed by atoms with van der Waals surface area (Å²) in [6.07, 6.45) is 0.997. The van der Waals surface area contributed by atoms with Gasteiger partial charge in [-0.3, -0.25) is 19.2 Å². The highest BCUT2D eigenvalue weighted by molar-refractivity contribution is 7.80. The zero-order valence-corrected chi connectivity index (χ0v) is 17.4. The molecule has 2 heterocycles. The van der Waals surface area contributed by atoms with E-state index in [0.29, 0.717) is 0 Å². The van der Waals surface area contributed by atoms with Crippen LogP contribution < -0.4 is 4.90 Å². The molecule has 0 N–H and O–H groups in total. The van der Waals surface area contributed by atoms with Crippen LogP contribution in [0.1, 0.15) is 5.56 Å². The fraction of sp³-hybridized carbons (Fsp3) is 0.647. The second kappa shape index (κ2) is 9.14. The maximum Gasteiger partial charge on any atom is 0.271 e. The Kier molecular flexibility index (Phi) is 7.34. The molecule has 0 saturated carbocycles. The Bertz CT molecular complexity index is 789. The van der Waals surface area contributed by atoms with E-state index < -0.39 is 10.4 Å². The quantitative estimate of drug-likeness (QED) is 0.223. The maximum absolute atomic E-state index is 11.0. The summed E-state index contributed by atoms with van der Waals surface area (Å²) < 4.78 is 32.1. The number of rotatable bonds is 5. The zero-order valence-electron chi connectivity index (χ0n) is 16.5. The Labute approximate surface area is 166 Å². The Balaban J connectivity index is 0.000000409. The van der Waals surface area contributed by atoms with Crippen molar-refractivity contribution in [1.82, 2.24) is 4.90 Å². The van der Waals surface area contributed by atoms with Crippen LogP contribution in [0.25, 0.3) is 0 Å². The highest BCUT2D eigenvalue weighted by atomic mass is 32.3. The minimum Gasteiger partial charge on any atom is -0.726 e. The van der Waals surface area contributed by atoms with Crippen molar-refractivity contribution in [2.45, 2.75) is 6.42 Å². The summed E-state index contributed by atoms with van der Waals surface area (Å²) in [5.74, 6) is 0. The highest BCUT2D eigenvalue weighted by Gasteiger charge is 2.26. The Morgan fingerprint density at radius 1 is 1.18 bits per heavy atom. The number of hydrogen-bond acceptors (Lipinski definition) is 8. The molecule has 0 bridgehead atoms. The lowest BCUT2D eigenvalue weighted by atomic mass is 10.1. The van der Waals surface area contributed by atoms with Crippen molar-refractivity contribution in [2.75, 3.05) is 71.9 Å². The van der Waals surface area contributed by atoms with Gasteiger partial charge >= 0.3 is 0 Å². The first-order valence-corrected chi connectivity index (χ1v) is 10.4. The topological polar surface area (TPSA) is 116 Å². The van der Waals surface area contributed by atoms with Crippen molar-refractivity contribution < 1.29 is 26.6 Å². The summed E-state index contributed by atoms with van der Waals surface area (Å²) in [6.45, 7) is 7.66. The largest absolute Gasteiger partial charge is 0.726 e. The van der Waals surface area contributed by atoms with Gasteiger partial charge in [0, 0.05) is 50.5 Å². The second-order valence-electron chi connectivity index (χ2n) is 7.61. The van der Waals surface area contributed by atoms with Gasteiger partial charge in [0.2, 0.25) is 10.4 Å². The number of nitro benzene ring substituents is 1. The third-order valence-electron chi connectivity index (χ3n) is 5.20. The first kappa shape index (κ1) is 22.5. The number of non-ortho nitro benzene ring substituents is 1. The van der Waals surface area contributed by atoms with Gasteiger partial charge in [0.15, 0.2) is 0 Å². The van der Waals surface area contributed by atoms with E-state index in [0.717, 1.165) is 56.4 Å². The van der Waals surface area contributed by atoms with Crippen LogP contribution in [0.4, 0.5) is 11.4 Å². The number of quaternary nitrogens is 1. The summed E-state index contributed by atoms with van der Waals surface area (Å²) in [5, 5.41) is 11.0. The van der Waals surface area contributed by atoms with Gasteiger partial charge in [0.05, 0.1) is 39.2 Å². The van der Waals surface area contributed by atoms with E-state index in [9.17, 15) is 23.1 Å². The molecule has 0 amide bonds.